The number of hydrogen-bond donors (Lipinski definition) is 3. The topological polar surface area (TPSA) is 90.2 Å². The Balaban J connectivity index is 1.97. The number of benzene rings is 2. The summed E-state index contributed by atoms with van der Waals surface area (Å²) >= 11 is 0. The molecule has 0 saturated carbocycles. The molecule has 0 spiro atoms. The molecule has 0 aromatic heterocycles. The summed E-state index contributed by atoms with van der Waals surface area (Å²) in [6.07, 6.45) is -2.68. The highest BCUT2D eigenvalue weighted by Crippen LogP contribution is 2.37. The van der Waals surface area contributed by atoms with Crippen LogP contribution in [0.4, 0.5) is 5.69 Å². The third-order valence-corrected chi connectivity index (χ3v) is 3.70. The fourth-order valence-electron chi connectivity index (χ4n) is 2.52. The summed E-state index contributed by atoms with van der Waals surface area (Å²) in [4.78, 5) is 13.7. The van der Waals surface area contributed by atoms with Crippen LogP contribution in [0, 0.1) is 0 Å². The molecule has 6 heteroatoms. The molecule has 1 aliphatic heterocycles. The van der Waals surface area contributed by atoms with E-state index in [1.165, 1.54) is 24.1 Å². The minimum atomic E-state index is -1.57. The number of methoxy groups -OCH3 is 1. The van der Waals surface area contributed by atoms with Crippen molar-refractivity contribution in [3.63, 3.8) is 0 Å². The van der Waals surface area contributed by atoms with Crippen LogP contribution in [0.5, 0.6) is 5.75 Å². The molecule has 1 atom stereocenters. The molecule has 0 fully saturated rings. The monoisotopic (exact) mass is 301 g/mol. The highest BCUT2D eigenvalue weighted by Gasteiger charge is 2.36. The van der Waals surface area contributed by atoms with Crippen molar-refractivity contribution in [2.75, 3.05) is 12.0 Å². The first-order valence-electron chi connectivity index (χ1n) is 6.68. The number of carbonyl (C=O) groups excluding carboxylic acids is 1. The van der Waals surface area contributed by atoms with Gasteiger partial charge in [-0.3, -0.25) is 9.69 Å². The lowest BCUT2D eigenvalue weighted by atomic mass is 10.1. The van der Waals surface area contributed by atoms with Crippen LogP contribution < -0.4 is 9.64 Å². The Labute approximate surface area is 126 Å². The van der Waals surface area contributed by atoms with Gasteiger partial charge < -0.3 is 20.1 Å². The van der Waals surface area contributed by atoms with Gasteiger partial charge >= 0.3 is 0 Å². The fraction of sp³-hybridized carbons (Fsp3) is 0.188. The van der Waals surface area contributed by atoms with Crippen molar-refractivity contribution in [2.45, 2.75) is 12.5 Å². The second-order valence-corrected chi connectivity index (χ2v) is 4.97. The first-order valence-corrected chi connectivity index (χ1v) is 6.68. The van der Waals surface area contributed by atoms with E-state index in [0.29, 0.717) is 28.1 Å². The first-order chi connectivity index (χ1) is 10.5. The van der Waals surface area contributed by atoms with Crippen LogP contribution in [0.15, 0.2) is 42.5 Å². The molecule has 1 amide bonds. The molecule has 114 valence electrons. The minimum absolute atomic E-state index is 0.309. The smallest absolute Gasteiger partial charge is 0.261 e. The van der Waals surface area contributed by atoms with Crippen LogP contribution in [0.3, 0.4) is 0 Å². The van der Waals surface area contributed by atoms with Gasteiger partial charge in [-0.15, -0.1) is 0 Å². The van der Waals surface area contributed by atoms with Crippen LogP contribution in [-0.4, -0.2) is 28.3 Å². The quantitative estimate of drug-likeness (QED) is 0.744. The standard InChI is InChI=1S/C16H15NO5/c1-22-11-6-7-12-13(8-11)15(19)17(14(12)18)10-4-2-9(3-5-10)16(20)21/h2-8,15-16,19-21H,1H3. The number of aliphatic hydroxyl groups excluding tert-OH is 2. The van der Waals surface area contributed by atoms with E-state index in [4.69, 9.17) is 14.9 Å². The Morgan fingerprint density at radius 2 is 1.82 bits per heavy atom. The number of anilines is 1. The molecule has 1 heterocycles. The molecule has 3 N–H and O–H groups in total. The average molecular weight is 301 g/mol. The zero-order valence-corrected chi connectivity index (χ0v) is 11.8. The number of rotatable bonds is 3. The zero-order valence-electron chi connectivity index (χ0n) is 11.8. The number of fused-ring (bicyclic) bond motifs is 1. The Bertz CT molecular complexity index is 711. The third-order valence-electron chi connectivity index (χ3n) is 3.70. The highest BCUT2D eigenvalue weighted by molar-refractivity contribution is 6.10. The summed E-state index contributed by atoms with van der Waals surface area (Å²) in [5.74, 6) is 0.244. The van der Waals surface area contributed by atoms with Crippen molar-refractivity contribution >= 4 is 11.6 Å². The van der Waals surface area contributed by atoms with Crippen LogP contribution in [0.25, 0.3) is 0 Å². The SMILES string of the molecule is COc1ccc2c(c1)C(O)N(c1ccc(C(O)O)cc1)C2=O. The van der Waals surface area contributed by atoms with E-state index < -0.39 is 12.5 Å². The van der Waals surface area contributed by atoms with Crippen LogP contribution in [-0.2, 0) is 0 Å². The summed E-state index contributed by atoms with van der Waals surface area (Å²) in [6, 6.07) is 11.0. The van der Waals surface area contributed by atoms with Gasteiger partial charge in [-0.25, -0.2) is 0 Å². The van der Waals surface area contributed by atoms with Gasteiger partial charge in [0, 0.05) is 22.4 Å². The molecule has 1 aliphatic rings. The fourth-order valence-corrected chi connectivity index (χ4v) is 2.52. The molecule has 0 radical (unpaired) electrons. The minimum Gasteiger partial charge on any atom is -0.497 e. The van der Waals surface area contributed by atoms with Gasteiger partial charge in [-0.2, -0.15) is 0 Å². The number of aliphatic hydroxyl groups is 3. The molecule has 3 rings (SSSR count). The van der Waals surface area contributed by atoms with E-state index >= 15 is 0 Å². The molecule has 0 bridgehead atoms. The number of hydrogen-bond acceptors (Lipinski definition) is 5. The molecule has 2 aromatic carbocycles. The third kappa shape index (κ3) is 2.23. The highest BCUT2D eigenvalue weighted by atomic mass is 16.5. The summed E-state index contributed by atoms with van der Waals surface area (Å²) in [7, 11) is 1.52. The van der Waals surface area contributed by atoms with Crippen molar-refractivity contribution < 1.29 is 24.9 Å². The largest absolute Gasteiger partial charge is 0.497 e. The van der Waals surface area contributed by atoms with E-state index in [1.807, 2.05) is 0 Å². The van der Waals surface area contributed by atoms with E-state index in [1.54, 1.807) is 30.3 Å². The van der Waals surface area contributed by atoms with Crippen molar-refractivity contribution in [2.24, 2.45) is 0 Å². The molecule has 0 saturated heterocycles. The first kappa shape index (κ1) is 14.5. The van der Waals surface area contributed by atoms with Crippen molar-refractivity contribution in [3.8, 4) is 5.75 Å². The number of nitrogens with zero attached hydrogens (tertiary/aromatic N) is 1. The van der Waals surface area contributed by atoms with Crippen molar-refractivity contribution in [1.82, 2.24) is 0 Å². The van der Waals surface area contributed by atoms with Crippen LogP contribution in [0.1, 0.15) is 34.0 Å². The maximum absolute atomic E-state index is 12.5. The summed E-state index contributed by atoms with van der Waals surface area (Å²) in [5.41, 5.74) is 1.68. The van der Waals surface area contributed by atoms with E-state index in [2.05, 4.69) is 0 Å². The van der Waals surface area contributed by atoms with Crippen molar-refractivity contribution in [1.29, 1.82) is 0 Å². The molecule has 2 aromatic rings. The lowest BCUT2D eigenvalue weighted by Gasteiger charge is -2.21. The van der Waals surface area contributed by atoms with E-state index in [9.17, 15) is 9.90 Å². The number of carbonyl (C=O) groups is 1. The zero-order chi connectivity index (χ0) is 15.9. The maximum Gasteiger partial charge on any atom is 0.261 e. The van der Waals surface area contributed by atoms with Gasteiger partial charge in [0.2, 0.25) is 0 Å². The second-order valence-electron chi connectivity index (χ2n) is 4.97. The van der Waals surface area contributed by atoms with Crippen LogP contribution in [0.2, 0.25) is 0 Å². The predicted octanol–water partition coefficient (Wildman–Crippen LogP) is 1.33. The second kappa shape index (κ2) is 5.42. The van der Waals surface area contributed by atoms with Gasteiger partial charge in [-0.1, -0.05) is 12.1 Å². The summed E-state index contributed by atoms with van der Waals surface area (Å²) < 4.78 is 5.11. The molecular weight excluding hydrogens is 286 g/mol. The molecule has 6 nitrogen and oxygen atoms in total. The number of ether oxygens (including phenoxy) is 1. The van der Waals surface area contributed by atoms with Gasteiger partial charge in [0.25, 0.3) is 5.91 Å². The van der Waals surface area contributed by atoms with Crippen LogP contribution >= 0.6 is 0 Å². The van der Waals surface area contributed by atoms with Gasteiger partial charge in [-0.05, 0) is 30.3 Å². The average Bonchev–Trinajstić information content (AvgIpc) is 2.78. The Kier molecular flexibility index (Phi) is 3.58. The summed E-state index contributed by atoms with van der Waals surface area (Å²) in [5, 5.41) is 28.6. The molecule has 22 heavy (non-hydrogen) atoms. The van der Waals surface area contributed by atoms with E-state index in [0.717, 1.165) is 0 Å². The van der Waals surface area contributed by atoms with Gasteiger partial charge in [0.1, 0.15) is 5.75 Å². The Morgan fingerprint density at radius 3 is 2.41 bits per heavy atom. The van der Waals surface area contributed by atoms with Gasteiger partial charge in [0.05, 0.1) is 7.11 Å². The van der Waals surface area contributed by atoms with Gasteiger partial charge in [0.15, 0.2) is 12.5 Å². The summed E-state index contributed by atoms with van der Waals surface area (Å²) in [6.45, 7) is 0. The normalized spacial score (nSPS) is 17.0. The lowest BCUT2D eigenvalue weighted by Crippen LogP contribution is -2.27. The molecule has 0 aliphatic carbocycles. The molecular formula is C16H15NO5. The van der Waals surface area contributed by atoms with E-state index in [-0.39, 0.29) is 5.91 Å². The Morgan fingerprint density at radius 1 is 1.14 bits per heavy atom. The maximum atomic E-state index is 12.5. The predicted molar refractivity (Wildman–Crippen MR) is 78.4 cm³/mol. The number of amides is 1. The Hall–Kier alpha value is -2.41. The van der Waals surface area contributed by atoms with Crippen molar-refractivity contribution in [3.05, 3.63) is 59.2 Å². The molecule has 1 unspecified atom stereocenters. The lowest BCUT2D eigenvalue weighted by molar-refractivity contribution is -0.0424.